The van der Waals surface area contributed by atoms with Gasteiger partial charge in [0.1, 0.15) is 5.56 Å². The fraction of sp³-hybridized carbons (Fsp3) is 0.320. The molecule has 0 unspecified atom stereocenters. The van der Waals surface area contributed by atoms with Crippen LogP contribution in [-0.2, 0) is 12.7 Å². The van der Waals surface area contributed by atoms with Crippen molar-refractivity contribution < 1.29 is 31.1 Å². The number of nitrogens with two attached hydrogens (primary N) is 1. The summed E-state index contributed by atoms with van der Waals surface area (Å²) in [5.41, 5.74) is 0.867. The molecule has 3 heterocycles. The number of alkyl halides is 4. The molecule has 0 saturated carbocycles. The number of aromatic nitrogens is 5. The Hall–Kier alpha value is -4.43. The number of unbranched alkanes of at least 4 members (excludes halogenated alkanes) is 2. The van der Waals surface area contributed by atoms with E-state index in [1.807, 2.05) is 0 Å². The van der Waals surface area contributed by atoms with Crippen LogP contribution in [-0.4, -0.2) is 39.0 Å². The Labute approximate surface area is 223 Å². The highest BCUT2D eigenvalue weighted by Gasteiger charge is 2.36. The van der Waals surface area contributed by atoms with Gasteiger partial charge in [0.25, 0.3) is 11.1 Å². The second-order valence-corrected chi connectivity index (χ2v) is 8.01. The number of halogens is 6. The Morgan fingerprint density at radius 2 is 1.70 bits per heavy atom. The quantitative estimate of drug-likeness (QED) is 0.249. The van der Waals surface area contributed by atoms with Crippen molar-refractivity contribution in [1.29, 1.82) is 0 Å². The largest absolute Gasteiger partial charge is 0.494 e. The van der Waals surface area contributed by atoms with E-state index in [4.69, 9.17) is 10.5 Å². The Bertz CT molecular complexity index is 1540. The molecule has 0 radical (unpaired) electrons. The van der Waals surface area contributed by atoms with Crippen molar-refractivity contribution in [3.63, 3.8) is 0 Å². The number of methoxy groups -OCH3 is 1. The molecule has 1 aromatic carbocycles. The predicted molar refractivity (Wildman–Crippen MR) is 137 cm³/mol. The average Bonchev–Trinajstić information content (AvgIpc) is 2.92. The molecule has 9 nitrogen and oxygen atoms in total. The first-order valence-electron chi connectivity index (χ1n) is 11.6. The standard InChI is InChI=1S/C19H19F2N3O2.C5H4F3N3O.CH3F/c1-3-4-5-7-24-8-6-12-9-14(16(20)17(21)15(12)19(24)25)18-22-10-13(26-2)11-23-18;6-5(7,8)3-2(9)1-10-11-4(3)12;1-2/h6,8-11H,3-5,7H2,1-2H3;1H,(H3,9,11,12);1H3. The Balaban J connectivity index is 0.000000336. The minimum Gasteiger partial charge on any atom is -0.494 e. The summed E-state index contributed by atoms with van der Waals surface area (Å²) in [4.78, 5) is 31.1. The van der Waals surface area contributed by atoms with E-state index in [1.165, 1.54) is 30.1 Å². The number of nitrogens with one attached hydrogen (secondary N) is 1. The molecule has 3 N–H and O–H groups in total. The molecular weight excluding hydrogens is 546 g/mol. The number of nitrogen functional groups attached to an aromatic ring is 1. The number of aryl methyl sites for hydroxylation is 1. The van der Waals surface area contributed by atoms with Crippen LogP contribution in [0.25, 0.3) is 22.2 Å². The fourth-order valence-corrected chi connectivity index (χ4v) is 3.51. The second kappa shape index (κ2) is 14.1. The summed E-state index contributed by atoms with van der Waals surface area (Å²) >= 11 is 0. The highest BCUT2D eigenvalue weighted by molar-refractivity contribution is 5.86. The van der Waals surface area contributed by atoms with E-state index in [-0.39, 0.29) is 16.8 Å². The van der Waals surface area contributed by atoms with Crippen molar-refractivity contribution in [3.8, 4) is 17.1 Å². The Morgan fingerprint density at radius 1 is 1.05 bits per heavy atom. The molecule has 216 valence electrons. The van der Waals surface area contributed by atoms with Crippen LogP contribution >= 0.6 is 0 Å². The topological polar surface area (TPSA) is 129 Å². The number of rotatable bonds is 6. The van der Waals surface area contributed by atoms with E-state index in [9.17, 15) is 35.9 Å². The molecule has 0 aliphatic carbocycles. The monoisotopic (exact) mass is 572 g/mol. The zero-order valence-electron chi connectivity index (χ0n) is 21.7. The van der Waals surface area contributed by atoms with Gasteiger partial charge in [-0.2, -0.15) is 18.3 Å². The number of pyridine rings is 1. The predicted octanol–water partition coefficient (Wildman–Crippen LogP) is 4.89. The molecule has 0 saturated heterocycles. The summed E-state index contributed by atoms with van der Waals surface area (Å²) in [5.74, 6) is -1.88. The van der Waals surface area contributed by atoms with Gasteiger partial charge in [-0.3, -0.25) is 14.0 Å². The van der Waals surface area contributed by atoms with Gasteiger partial charge in [0.2, 0.25) is 0 Å². The number of hydrogen-bond acceptors (Lipinski definition) is 7. The van der Waals surface area contributed by atoms with Crippen LogP contribution < -0.4 is 21.6 Å². The summed E-state index contributed by atoms with van der Waals surface area (Å²) < 4.78 is 81.1. The maximum Gasteiger partial charge on any atom is 0.423 e. The first-order chi connectivity index (χ1) is 19.0. The molecule has 0 amide bonds. The lowest BCUT2D eigenvalue weighted by atomic mass is 10.1. The number of fused-ring (bicyclic) bond motifs is 1. The molecule has 0 aliphatic heterocycles. The van der Waals surface area contributed by atoms with Crippen molar-refractivity contribution in [3.05, 3.63) is 74.8 Å². The van der Waals surface area contributed by atoms with Crippen molar-refractivity contribution >= 4 is 16.5 Å². The van der Waals surface area contributed by atoms with Crippen molar-refractivity contribution in [1.82, 2.24) is 24.7 Å². The highest BCUT2D eigenvalue weighted by atomic mass is 19.4. The third kappa shape index (κ3) is 7.36. The number of ether oxygens (including phenoxy) is 1. The van der Waals surface area contributed by atoms with Gasteiger partial charge in [-0.25, -0.2) is 23.8 Å². The second-order valence-electron chi connectivity index (χ2n) is 8.01. The third-order valence-electron chi connectivity index (χ3n) is 5.42. The van der Waals surface area contributed by atoms with E-state index in [2.05, 4.69) is 22.0 Å². The zero-order chi connectivity index (χ0) is 30.0. The molecule has 0 bridgehead atoms. The Morgan fingerprint density at radius 3 is 2.23 bits per heavy atom. The summed E-state index contributed by atoms with van der Waals surface area (Å²) in [7, 11) is 1.96. The number of anilines is 1. The van der Waals surface area contributed by atoms with Crippen molar-refractivity contribution in [2.75, 3.05) is 20.0 Å². The first-order valence-corrected chi connectivity index (χ1v) is 11.6. The molecule has 40 heavy (non-hydrogen) atoms. The van der Waals surface area contributed by atoms with Crippen LogP contribution in [0.3, 0.4) is 0 Å². The fourth-order valence-electron chi connectivity index (χ4n) is 3.51. The van der Waals surface area contributed by atoms with Gasteiger partial charge in [-0.15, -0.1) is 0 Å². The van der Waals surface area contributed by atoms with Crippen LogP contribution in [0.1, 0.15) is 31.7 Å². The van der Waals surface area contributed by atoms with Crippen LogP contribution in [0.2, 0.25) is 0 Å². The summed E-state index contributed by atoms with van der Waals surface area (Å²) in [6.07, 6.45) is 3.14. The lowest BCUT2D eigenvalue weighted by Gasteiger charge is -2.10. The van der Waals surface area contributed by atoms with Crippen LogP contribution in [0.5, 0.6) is 5.75 Å². The van der Waals surface area contributed by atoms with E-state index < -0.39 is 40.2 Å². The van der Waals surface area contributed by atoms with Crippen LogP contribution in [0.15, 0.2) is 46.5 Å². The van der Waals surface area contributed by atoms with E-state index >= 15 is 0 Å². The van der Waals surface area contributed by atoms with E-state index in [0.29, 0.717) is 24.9 Å². The summed E-state index contributed by atoms with van der Waals surface area (Å²) in [5, 5.41) is 4.80. The average molecular weight is 573 g/mol. The summed E-state index contributed by atoms with van der Waals surface area (Å²) in [6, 6.07) is 3.01. The maximum atomic E-state index is 14.7. The molecule has 0 aliphatic rings. The van der Waals surface area contributed by atoms with Gasteiger partial charge in [-0.05, 0) is 23.9 Å². The molecule has 0 fully saturated rings. The van der Waals surface area contributed by atoms with Gasteiger partial charge in [0.05, 0.1) is 49.5 Å². The van der Waals surface area contributed by atoms with Crippen molar-refractivity contribution in [2.24, 2.45) is 0 Å². The lowest BCUT2D eigenvalue weighted by molar-refractivity contribution is -0.138. The minimum absolute atomic E-state index is 0.0243. The highest BCUT2D eigenvalue weighted by Crippen LogP contribution is 2.30. The maximum absolute atomic E-state index is 14.7. The van der Waals surface area contributed by atoms with E-state index in [1.54, 1.807) is 17.4 Å². The number of aromatic amines is 1. The smallest absolute Gasteiger partial charge is 0.423 e. The normalized spacial score (nSPS) is 10.8. The molecular formula is C25H26F6N6O3. The van der Waals surface area contributed by atoms with Crippen LogP contribution in [0.4, 0.5) is 32.0 Å². The minimum atomic E-state index is -4.74. The van der Waals surface area contributed by atoms with Gasteiger partial charge < -0.3 is 15.0 Å². The number of H-pyrrole nitrogens is 1. The molecule has 15 heteroatoms. The van der Waals surface area contributed by atoms with Gasteiger partial charge in [0, 0.05) is 12.7 Å². The van der Waals surface area contributed by atoms with Gasteiger partial charge in [-0.1, -0.05) is 19.8 Å². The number of benzene rings is 1. The SMILES string of the molecule is CCCCCn1ccc2cc(-c3ncc(OC)cn3)c(F)c(F)c2c1=O.CF.Nc1cn[nH]c(=O)c1C(F)(F)F. The third-order valence-corrected chi connectivity index (χ3v) is 5.42. The first kappa shape index (κ1) is 31.8. The Kier molecular flexibility index (Phi) is 11.2. The van der Waals surface area contributed by atoms with Crippen molar-refractivity contribution in [2.45, 2.75) is 38.9 Å². The molecule has 4 aromatic rings. The molecule has 3 aromatic heterocycles. The summed E-state index contributed by atoms with van der Waals surface area (Å²) in [6.45, 7) is 2.54. The molecule has 4 rings (SSSR count). The van der Waals surface area contributed by atoms with Crippen LogP contribution in [0, 0.1) is 11.6 Å². The lowest BCUT2D eigenvalue weighted by Crippen LogP contribution is -2.24. The number of hydrogen-bond donors (Lipinski definition) is 2. The molecule has 0 spiro atoms. The molecule has 0 atom stereocenters. The van der Waals surface area contributed by atoms with Gasteiger partial charge >= 0.3 is 6.18 Å². The zero-order valence-corrected chi connectivity index (χ0v) is 21.7. The van der Waals surface area contributed by atoms with E-state index in [0.717, 1.165) is 25.5 Å². The van der Waals surface area contributed by atoms with Gasteiger partial charge in [0.15, 0.2) is 23.2 Å². The number of nitrogens with zero attached hydrogens (tertiary/aromatic N) is 4.